The quantitative estimate of drug-likeness (QED) is 0.574. The molecule has 158 valence electrons. The van der Waals surface area contributed by atoms with Gasteiger partial charge < -0.3 is 4.52 Å². The highest BCUT2D eigenvalue weighted by Gasteiger charge is 2.19. The van der Waals surface area contributed by atoms with E-state index in [1.54, 1.807) is 24.4 Å². The topological polar surface area (TPSA) is 122 Å². The van der Waals surface area contributed by atoms with Crippen molar-refractivity contribution in [1.29, 1.82) is 0 Å². The minimum Gasteiger partial charge on any atom is -0.338 e. The van der Waals surface area contributed by atoms with Gasteiger partial charge in [-0.2, -0.15) is 8.42 Å². The van der Waals surface area contributed by atoms with E-state index in [4.69, 9.17) is 9.08 Å². The van der Waals surface area contributed by atoms with Gasteiger partial charge in [0.2, 0.25) is 11.8 Å². The molecule has 0 fully saturated rings. The molecular weight excluding hydrogens is 406 g/mol. The minimum absolute atomic E-state index is 0.165. The first-order chi connectivity index (χ1) is 14.0. The van der Waals surface area contributed by atoms with Crippen LogP contribution in [0.1, 0.15) is 37.7 Å². The van der Waals surface area contributed by atoms with E-state index in [9.17, 15) is 13.2 Å². The van der Waals surface area contributed by atoms with Gasteiger partial charge >= 0.3 is 0 Å². The molecule has 0 radical (unpaired) electrons. The summed E-state index contributed by atoms with van der Waals surface area (Å²) < 4.78 is 35.9. The molecule has 0 aliphatic rings. The van der Waals surface area contributed by atoms with E-state index in [2.05, 4.69) is 15.5 Å². The fourth-order valence-corrected chi connectivity index (χ4v) is 3.28. The van der Waals surface area contributed by atoms with E-state index in [0.29, 0.717) is 5.88 Å². The highest BCUT2D eigenvalue weighted by Crippen LogP contribution is 2.24. The maximum atomic E-state index is 12.3. The SMILES string of the molecule is CC(C)(C)c1cc(NC(=O)Cc2ccc(-c3ccc(CS(=O)(=O)O)nc3)cc2)on1. The van der Waals surface area contributed by atoms with Crippen LogP contribution in [0.4, 0.5) is 5.88 Å². The van der Waals surface area contributed by atoms with Crippen LogP contribution in [0.25, 0.3) is 11.1 Å². The van der Waals surface area contributed by atoms with Gasteiger partial charge in [-0.1, -0.05) is 56.3 Å². The van der Waals surface area contributed by atoms with Crippen molar-refractivity contribution < 1.29 is 22.3 Å². The Kier molecular flexibility index (Phi) is 6.04. The summed E-state index contributed by atoms with van der Waals surface area (Å²) >= 11 is 0. The van der Waals surface area contributed by atoms with Crippen molar-refractivity contribution in [3.8, 4) is 11.1 Å². The Hall–Kier alpha value is -3.04. The molecule has 0 aliphatic heterocycles. The number of aromatic nitrogens is 2. The molecule has 30 heavy (non-hydrogen) atoms. The lowest BCUT2D eigenvalue weighted by Gasteiger charge is -2.12. The van der Waals surface area contributed by atoms with E-state index in [1.165, 1.54) is 0 Å². The third-order valence-electron chi connectivity index (χ3n) is 4.35. The summed E-state index contributed by atoms with van der Waals surface area (Å²) in [7, 11) is -4.11. The van der Waals surface area contributed by atoms with Crippen molar-refractivity contribution in [1.82, 2.24) is 10.1 Å². The van der Waals surface area contributed by atoms with Crippen LogP contribution in [0, 0.1) is 0 Å². The van der Waals surface area contributed by atoms with Gasteiger partial charge in [0.1, 0.15) is 5.75 Å². The van der Waals surface area contributed by atoms with Crippen LogP contribution in [0.15, 0.2) is 53.2 Å². The largest absolute Gasteiger partial charge is 0.338 e. The van der Waals surface area contributed by atoms with Gasteiger partial charge in [0.15, 0.2) is 0 Å². The number of anilines is 1. The molecule has 8 nitrogen and oxygen atoms in total. The summed E-state index contributed by atoms with van der Waals surface area (Å²) in [5.74, 6) is -0.419. The molecule has 0 atom stereocenters. The molecule has 0 aliphatic carbocycles. The Balaban J connectivity index is 1.61. The first kappa shape index (κ1) is 21.7. The average Bonchev–Trinajstić information content (AvgIpc) is 3.10. The number of carbonyl (C=O) groups is 1. The summed E-state index contributed by atoms with van der Waals surface area (Å²) in [4.78, 5) is 16.3. The predicted octanol–water partition coefficient (Wildman–Crippen LogP) is 3.60. The maximum Gasteiger partial charge on any atom is 0.270 e. The number of amides is 1. The Bertz CT molecular complexity index is 1130. The predicted molar refractivity (Wildman–Crippen MR) is 112 cm³/mol. The fraction of sp³-hybridized carbons (Fsp3) is 0.286. The first-order valence-electron chi connectivity index (χ1n) is 9.26. The van der Waals surface area contributed by atoms with Crippen molar-refractivity contribution in [2.24, 2.45) is 0 Å². The standard InChI is InChI=1S/C21H23N3O5S/c1-21(2,3)18-11-20(29-24-18)23-19(25)10-14-4-6-15(7-5-14)16-8-9-17(22-12-16)13-30(26,27)28/h4-9,11-12H,10,13H2,1-3H3,(H,23,25)(H,26,27,28). The molecule has 0 bridgehead atoms. The average molecular weight is 429 g/mol. The number of hydrogen-bond acceptors (Lipinski definition) is 6. The van der Waals surface area contributed by atoms with Crippen LogP contribution in [-0.2, 0) is 32.5 Å². The highest BCUT2D eigenvalue weighted by molar-refractivity contribution is 7.85. The third-order valence-corrected chi connectivity index (χ3v) is 5.01. The maximum absolute atomic E-state index is 12.3. The Labute approximate surface area is 175 Å². The summed E-state index contributed by atoms with van der Waals surface area (Å²) in [5.41, 5.74) is 3.34. The van der Waals surface area contributed by atoms with Gasteiger partial charge in [-0.3, -0.25) is 19.6 Å². The summed E-state index contributed by atoms with van der Waals surface area (Å²) in [6.45, 7) is 6.03. The second-order valence-electron chi connectivity index (χ2n) is 8.01. The molecule has 1 aromatic carbocycles. The second-order valence-corrected chi connectivity index (χ2v) is 9.47. The monoisotopic (exact) mass is 429 g/mol. The van der Waals surface area contributed by atoms with Crippen LogP contribution < -0.4 is 5.32 Å². The summed E-state index contributed by atoms with van der Waals surface area (Å²) in [6.07, 6.45) is 1.72. The lowest BCUT2D eigenvalue weighted by atomic mass is 9.92. The molecule has 0 saturated carbocycles. The fourth-order valence-electron chi connectivity index (χ4n) is 2.74. The molecule has 0 saturated heterocycles. The number of rotatable bonds is 6. The Morgan fingerprint density at radius 2 is 1.77 bits per heavy atom. The van der Waals surface area contributed by atoms with Crippen molar-refractivity contribution in [2.45, 2.75) is 38.4 Å². The lowest BCUT2D eigenvalue weighted by Crippen LogP contribution is -2.14. The number of pyridine rings is 1. The van der Waals surface area contributed by atoms with E-state index in [0.717, 1.165) is 22.4 Å². The first-order valence-corrected chi connectivity index (χ1v) is 10.9. The third kappa shape index (κ3) is 5.98. The molecule has 0 spiro atoms. The van der Waals surface area contributed by atoms with Crippen LogP contribution in [0.2, 0.25) is 0 Å². The zero-order valence-electron chi connectivity index (χ0n) is 16.9. The van der Waals surface area contributed by atoms with Crippen molar-refractivity contribution in [3.63, 3.8) is 0 Å². The molecule has 1 amide bonds. The van der Waals surface area contributed by atoms with E-state index in [-0.39, 0.29) is 23.4 Å². The number of carbonyl (C=O) groups excluding carboxylic acids is 1. The van der Waals surface area contributed by atoms with Crippen molar-refractivity contribution in [3.05, 3.63) is 65.6 Å². The van der Waals surface area contributed by atoms with E-state index >= 15 is 0 Å². The molecule has 2 heterocycles. The smallest absolute Gasteiger partial charge is 0.270 e. The number of nitrogens with zero attached hydrogens (tertiary/aromatic N) is 2. The van der Waals surface area contributed by atoms with Gasteiger partial charge in [0.05, 0.1) is 17.8 Å². The molecule has 3 aromatic rings. The van der Waals surface area contributed by atoms with Crippen LogP contribution in [0.5, 0.6) is 0 Å². The Morgan fingerprint density at radius 3 is 2.30 bits per heavy atom. The molecule has 3 rings (SSSR count). The summed E-state index contributed by atoms with van der Waals surface area (Å²) in [6, 6.07) is 12.4. The highest BCUT2D eigenvalue weighted by atomic mass is 32.2. The van der Waals surface area contributed by atoms with Crippen molar-refractivity contribution >= 4 is 21.9 Å². The molecule has 2 aromatic heterocycles. The van der Waals surface area contributed by atoms with Crippen LogP contribution >= 0.6 is 0 Å². The molecule has 9 heteroatoms. The van der Waals surface area contributed by atoms with Gasteiger partial charge in [-0.15, -0.1) is 0 Å². The van der Waals surface area contributed by atoms with Gasteiger partial charge in [0, 0.05) is 23.2 Å². The van der Waals surface area contributed by atoms with Crippen LogP contribution in [-0.4, -0.2) is 29.0 Å². The normalized spacial score (nSPS) is 12.0. The van der Waals surface area contributed by atoms with E-state index < -0.39 is 15.9 Å². The van der Waals surface area contributed by atoms with Gasteiger partial charge in [-0.05, 0) is 17.2 Å². The molecule has 0 unspecified atom stereocenters. The second kappa shape index (κ2) is 8.37. The van der Waals surface area contributed by atoms with Crippen molar-refractivity contribution in [2.75, 3.05) is 5.32 Å². The molecular formula is C21H23N3O5S. The van der Waals surface area contributed by atoms with Gasteiger partial charge in [-0.25, -0.2) is 0 Å². The van der Waals surface area contributed by atoms with Gasteiger partial charge in [0.25, 0.3) is 10.1 Å². The Morgan fingerprint density at radius 1 is 1.10 bits per heavy atom. The molecule has 2 N–H and O–H groups in total. The zero-order chi connectivity index (χ0) is 21.9. The lowest BCUT2D eigenvalue weighted by molar-refractivity contribution is -0.115. The number of nitrogens with one attached hydrogen (secondary N) is 1. The minimum atomic E-state index is -4.11. The number of benzene rings is 1. The number of hydrogen-bond donors (Lipinski definition) is 2. The zero-order valence-corrected chi connectivity index (χ0v) is 17.7. The summed E-state index contributed by atoms with van der Waals surface area (Å²) in [5, 5.41) is 6.68. The van der Waals surface area contributed by atoms with E-state index in [1.807, 2.05) is 45.0 Å². The van der Waals surface area contributed by atoms with Crippen LogP contribution in [0.3, 0.4) is 0 Å².